The summed E-state index contributed by atoms with van der Waals surface area (Å²) in [5.41, 5.74) is 1.88. The van der Waals surface area contributed by atoms with Crippen molar-refractivity contribution in [1.29, 1.82) is 0 Å². The molecule has 1 aromatic carbocycles. The monoisotopic (exact) mass is 364 g/mol. The molecule has 1 aliphatic heterocycles. The van der Waals surface area contributed by atoms with Crippen LogP contribution in [-0.2, 0) is 13.6 Å². The number of hydrogen-bond acceptors (Lipinski definition) is 4. The Labute approximate surface area is 158 Å². The fraction of sp³-hybridized carbons (Fsp3) is 0.400. The highest BCUT2D eigenvalue weighted by atomic mass is 16.2. The van der Waals surface area contributed by atoms with Gasteiger partial charge >= 0.3 is 0 Å². The van der Waals surface area contributed by atoms with E-state index in [1.165, 1.54) is 0 Å². The smallest absolute Gasteiger partial charge is 0.253 e. The molecule has 2 aromatic heterocycles. The molecule has 27 heavy (non-hydrogen) atoms. The number of likely N-dealkylation sites (tertiary alicyclic amines) is 1. The van der Waals surface area contributed by atoms with Crippen LogP contribution in [0.1, 0.15) is 46.3 Å². The fourth-order valence-corrected chi connectivity index (χ4v) is 3.71. The second kappa shape index (κ2) is 7.34. The Morgan fingerprint density at radius 1 is 1.19 bits per heavy atom. The third-order valence-corrected chi connectivity index (χ3v) is 5.27. The SMILES string of the molecule is Cc1cccc(C(=O)N2CCC(c3nnc(Cn4cccn4)n3C)CC2)c1. The maximum absolute atomic E-state index is 12.7. The molecule has 1 aliphatic rings. The minimum atomic E-state index is 0.120. The van der Waals surface area contributed by atoms with Crippen LogP contribution >= 0.6 is 0 Å². The molecule has 4 rings (SSSR count). The Bertz CT molecular complexity index is 922. The van der Waals surface area contributed by atoms with Gasteiger partial charge in [-0.2, -0.15) is 5.10 Å². The molecular formula is C20H24N6O. The summed E-state index contributed by atoms with van der Waals surface area (Å²) in [7, 11) is 2.01. The standard InChI is InChI=1S/C20H24N6O/c1-15-5-3-6-17(13-15)20(27)25-11-7-16(8-12-25)19-23-22-18(24(19)2)14-26-10-4-9-21-26/h3-6,9-10,13,16H,7-8,11-12,14H2,1-2H3. The number of rotatable bonds is 4. The molecule has 0 saturated carbocycles. The van der Waals surface area contributed by atoms with Crippen molar-refractivity contribution in [3.63, 3.8) is 0 Å². The van der Waals surface area contributed by atoms with Gasteiger partial charge in [-0.05, 0) is 38.0 Å². The maximum Gasteiger partial charge on any atom is 0.253 e. The zero-order valence-corrected chi connectivity index (χ0v) is 15.7. The van der Waals surface area contributed by atoms with Crippen molar-refractivity contribution in [3.8, 4) is 0 Å². The Morgan fingerprint density at radius 2 is 2.00 bits per heavy atom. The third kappa shape index (κ3) is 3.63. The summed E-state index contributed by atoms with van der Waals surface area (Å²) in [5, 5.41) is 13.0. The first-order valence-corrected chi connectivity index (χ1v) is 9.33. The molecule has 0 spiro atoms. The summed E-state index contributed by atoms with van der Waals surface area (Å²) < 4.78 is 3.92. The van der Waals surface area contributed by atoms with Crippen molar-refractivity contribution in [1.82, 2.24) is 29.4 Å². The quantitative estimate of drug-likeness (QED) is 0.713. The predicted molar refractivity (Wildman–Crippen MR) is 101 cm³/mol. The van der Waals surface area contributed by atoms with E-state index >= 15 is 0 Å². The first-order valence-electron chi connectivity index (χ1n) is 9.33. The van der Waals surface area contributed by atoms with Crippen molar-refractivity contribution in [2.45, 2.75) is 32.2 Å². The zero-order chi connectivity index (χ0) is 18.8. The number of nitrogens with zero attached hydrogens (tertiary/aromatic N) is 6. The number of piperidine rings is 1. The summed E-state index contributed by atoms with van der Waals surface area (Å²) >= 11 is 0. The van der Waals surface area contributed by atoms with E-state index in [-0.39, 0.29) is 5.91 Å². The van der Waals surface area contributed by atoms with Gasteiger partial charge in [0.1, 0.15) is 12.4 Å². The van der Waals surface area contributed by atoms with Gasteiger partial charge in [-0.25, -0.2) is 0 Å². The van der Waals surface area contributed by atoms with Crippen LogP contribution in [0.3, 0.4) is 0 Å². The molecule has 3 aromatic rings. The number of carbonyl (C=O) groups excluding carboxylic acids is 1. The van der Waals surface area contributed by atoms with E-state index in [9.17, 15) is 4.79 Å². The van der Waals surface area contributed by atoms with E-state index in [4.69, 9.17) is 0 Å². The number of aromatic nitrogens is 5. The van der Waals surface area contributed by atoms with Crippen LogP contribution in [0.15, 0.2) is 42.7 Å². The van der Waals surface area contributed by atoms with Crippen LogP contribution in [0.5, 0.6) is 0 Å². The van der Waals surface area contributed by atoms with Gasteiger partial charge < -0.3 is 9.47 Å². The highest BCUT2D eigenvalue weighted by Gasteiger charge is 2.27. The molecule has 0 aliphatic carbocycles. The third-order valence-electron chi connectivity index (χ3n) is 5.27. The minimum Gasteiger partial charge on any atom is -0.339 e. The summed E-state index contributed by atoms with van der Waals surface area (Å²) in [5.74, 6) is 2.34. The Morgan fingerprint density at radius 3 is 2.70 bits per heavy atom. The van der Waals surface area contributed by atoms with Gasteiger partial charge in [-0.3, -0.25) is 9.48 Å². The summed E-state index contributed by atoms with van der Waals surface area (Å²) in [6.45, 7) is 4.12. The van der Waals surface area contributed by atoms with Crippen molar-refractivity contribution < 1.29 is 4.79 Å². The molecule has 0 radical (unpaired) electrons. The summed E-state index contributed by atoms with van der Waals surface area (Å²) in [4.78, 5) is 14.7. The highest BCUT2D eigenvalue weighted by Crippen LogP contribution is 2.27. The largest absolute Gasteiger partial charge is 0.339 e. The van der Waals surface area contributed by atoms with Crippen molar-refractivity contribution >= 4 is 5.91 Å². The van der Waals surface area contributed by atoms with Crippen molar-refractivity contribution in [2.24, 2.45) is 7.05 Å². The van der Waals surface area contributed by atoms with Gasteiger partial charge in [-0.15, -0.1) is 10.2 Å². The minimum absolute atomic E-state index is 0.120. The van der Waals surface area contributed by atoms with E-state index < -0.39 is 0 Å². The Kier molecular flexibility index (Phi) is 4.75. The Balaban J connectivity index is 1.41. The maximum atomic E-state index is 12.7. The van der Waals surface area contributed by atoms with Gasteiger partial charge in [0.2, 0.25) is 0 Å². The summed E-state index contributed by atoms with van der Waals surface area (Å²) in [6.07, 6.45) is 5.50. The molecule has 3 heterocycles. The predicted octanol–water partition coefficient (Wildman–Crippen LogP) is 2.39. The fourth-order valence-electron chi connectivity index (χ4n) is 3.71. The first kappa shape index (κ1) is 17.5. The molecule has 0 N–H and O–H groups in total. The molecule has 7 heteroatoms. The highest BCUT2D eigenvalue weighted by molar-refractivity contribution is 5.94. The topological polar surface area (TPSA) is 68.8 Å². The average Bonchev–Trinajstić information content (AvgIpc) is 3.32. The number of benzene rings is 1. The number of aryl methyl sites for hydroxylation is 1. The van der Waals surface area contributed by atoms with Gasteiger partial charge in [0, 0.05) is 44.0 Å². The molecule has 1 amide bonds. The lowest BCUT2D eigenvalue weighted by Crippen LogP contribution is -2.38. The van der Waals surface area contributed by atoms with Crippen LogP contribution < -0.4 is 0 Å². The van der Waals surface area contributed by atoms with Gasteiger partial charge in [-0.1, -0.05) is 17.7 Å². The van der Waals surface area contributed by atoms with Crippen LogP contribution in [-0.4, -0.2) is 48.4 Å². The first-order chi connectivity index (χ1) is 13.1. The van der Waals surface area contributed by atoms with Crippen molar-refractivity contribution in [2.75, 3.05) is 13.1 Å². The average molecular weight is 364 g/mol. The van der Waals surface area contributed by atoms with Gasteiger partial charge in [0.25, 0.3) is 5.91 Å². The van der Waals surface area contributed by atoms with Crippen molar-refractivity contribution in [3.05, 3.63) is 65.5 Å². The van der Waals surface area contributed by atoms with E-state index in [0.717, 1.165) is 48.7 Å². The normalized spacial score (nSPS) is 15.3. The van der Waals surface area contributed by atoms with Gasteiger partial charge in [0.15, 0.2) is 5.82 Å². The van der Waals surface area contributed by atoms with Gasteiger partial charge in [0.05, 0.1) is 0 Å². The second-order valence-corrected chi connectivity index (χ2v) is 7.17. The molecular weight excluding hydrogens is 340 g/mol. The zero-order valence-electron chi connectivity index (χ0n) is 15.7. The van der Waals surface area contributed by atoms with E-state index in [1.54, 1.807) is 6.20 Å². The molecule has 0 unspecified atom stereocenters. The van der Waals surface area contributed by atoms with E-state index in [2.05, 4.69) is 19.9 Å². The number of amides is 1. The van der Waals surface area contributed by atoms with Crippen LogP contribution in [0.4, 0.5) is 0 Å². The molecule has 0 bridgehead atoms. The van der Waals surface area contributed by atoms with Crippen LogP contribution in [0.2, 0.25) is 0 Å². The lowest BCUT2D eigenvalue weighted by atomic mass is 9.95. The second-order valence-electron chi connectivity index (χ2n) is 7.17. The molecule has 7 nitrogen and oxygen atoms in total. The van der Waals surface area contributed by atoms with Crippen LogP contribution in [0.25, 0.3) is 0 Å². The van der Waals surface area contributed by atoms with E-state index in [1.807, 2.05) is 60.1 Å². The molecule has 1 fully saturated rings. The lowest BCUT2D eigenvalue weighted by Gasteiger charge is -2.31. The number of hydrogen-bond donors (Lipinski definition) is 0. The molecule has 140 valence electrons. The lowest BCUT2D eigenvalue weighted by molar-refractivity contribution is 0.0710. The molecule has 0 atom stereocenters. The summed E-state index contributed by atoms with van der Waals surface area (Å²) in [6, 6.07) is 9.70. The van der Waals surface area contributed by atoms with Crippen LogP contribution in [0, 0.1) is 6.92 Å². The van der Waals surface area contributed by atoms with E-state index in [0.29, 0.717) is 12.5 Å². The Hall–Kier alpha value is -2.96. The molecule has 1 saturated heterocycles. The number of carbonyl (C=O) groups is 1.